The van der Waals surface area contributed by atoms with Crippen LogP contribution in [0, 0.1) is 11.6 Å². The van der Waals surface area contributed by atoms with Crippen LogP contribution in [0.15, 0.2) is 66.1 Å². The minimum atomic E-state index is -4.19. The molecule has 8 heteroatoms. The molecule has 0 aliphatic carbocycles. The summed E-state index contributed by atoms with van der Waals surface area (Å²) in [5, 5.41) is 0. The Kier molecular flexibility index (Phi) is 4.65. The smallest absolute Gasteiger partial charge is 0.244 e. The highest BCUT2D eigenvalue weighted by Gasteiger charge is 2.22. The molecule has 1 atom stereocenters. The summed E-state index contributed by atoms with van der Waals surface area (Å²) in [5.74, 6) is -1.82. The zero-order chi connectivity index (χ0) is 18.0. The first-order valence-corrected chi connectivity index (χ1v) is 8.91. The lowest BCUT2D eigenvalue weighted by atomic mass is 10.1. The number of benzene rings is 2. The standard InChI is InChI=1S/C17H15F2N3O2S/c1-12(13-2-5-15(6-3-13)22-9-8-20-11-22)21-25(23,24)17-10-14(18)4-7-16(17)19/h2-12,21H,1H3/t12-/m1/s1. The van der Waals surface area contributed by atoms with Crippen molar-refractivity contribution >= 4 is 10.0 Å². The van der Waals surface area contributed by atoms with Gasteiger partial charge in [0.15, 0.2) is 0 Å². The second kappa shape index (κ2) is 6.73. The summed E-state index contributed by atoms with van der Waals surface area (Å²) in [5.41, 5.74) is 1.55. The molecule has 0 saturated heterocycles. The van der Waals surface area contributed by atoms with E-state index in [2.05, 4.69) is 9.71 Å². The van der Waals surface area contributed by atoms with Gasteiger partial charge in [-0.3, -0.25) is 0 Å². The maximum absolute atomic E-state index is 13.7. The van der Waals surface area contributed by atoms with Crippen LogP contribution in [0.5, 0.6) is 0 Å². The van der Waals surface area contributed by atoms with Crippen molar-refractivity contribution in [2.45, 2.75) is 17.9 Å². The first-order valence-electron chi connectivity index (χ1n) is 7.42. The molecular formula is C17H15F2N3O2S. The monoisotopic (exact) mass is 363 g/mol. The molecule has 3 rings (SSSR count). The molecule has 0 unspecified atom stereocenters. The first kappa shape index (κ1) is 17.2. The third kappa shape index (κ3) is 3.75. The van der Waals surface area contributed by atoms with Crippen LogP contribution in [-0.2, 0) is 10.0 Å². The molecule has 3 aromatic rings. The third-order valence-corrected chi connectivity index (χ3v) is 5.27. The fourth-order valence-corrected chi connectivity index (χ4v) is 3.72. The van der Waals surface area contributed by atoms with E-state index < -0.39 is 32.6 Å². The van der Waals surface area contributed by atoms with Gasteiger partial charge >= 0.3 is 0 Å². The van der Waals surface area contributed by atoms with Gasteiger partial charge in [0.1, 0.15) is 16.5 Å². The summed E-state index contributed by atoms with van der Waals surface area (Å²) < 4.78 is 55.8. The van der Waals surface area contributed by atoms with Crippen molar-refractivity contribution in [3.8, 4) is 5.69 Å². The zero-order valence-corrected chi connectivity index (χ0v) is 14.0. The average Bonchev–Trinajstić information content (AvgIpc) is 3.11. The Balaban J connectivity index is 1.81. The molecular weight excluding hydrogens is 348 g/mol. The second-order valence-electron chi connectivity index (χ2n) is 5.48. The number of nitrogens with one attached hydrogen (secondary N) is 1. The molecule has 130 valence electrons. The Labute approximate surface area is 144 Å². The molecule has 0 spiro atoms. The van der Waals surface area contributed by atoms with E-state index in [-0.39, 0.29) is 0 Å². The van der Waals surface area contributed by atoms with E-state index in [1.54, 1.807) is 42.3 Å². The summed E-state index contributed by atoms with van der Waals surface area (Å²) >= 11 is 0. The summed E-state index contributed by atoms with van der Waals surface area (Å²) in [7, 11) is -4.19. The highest BCUT2D eigenvalue weighted by atomic mass is 32.2. The van der Waals surface area contributed by atoms with Gasteiger partial charge in [0.2, 0.25) is 10.0 Å². The van der Waals surface area contributed by atoms with Crippen molar-refractivity contribution in [1.29, 1.82) is 0 Å². The van der Waals surface area contributed by atoms with Crippen LogP contribution in [0.2, 0.25) is 0 Å². The van der Waals surface area contributed by atoms with E-state index >= 15 is 0 Å². The van der Waals surface area contributed by atoms with Crippen molar-refractivity contribution in [2.75, 3.05) is 0 Å². The molecule has 25 heavy (non-hydrogen) atoms. The van der Waals surface area contributed by atoms with Gasteiger partial charge in [0.25, 0.3) is 0 Å². The fourth-order valence-electron chi connectivity index (χ4n) is 2.39. The van der Waals surface area contributed by atoms with Crippen molar-refractivity contribution in [2.24, 2.45) is 0 Å². The van der Waals surface area contributed by atoms with Crippen LogP contribution < -0.4 is 4.72 Å². The number of hydrogen-bond acceptors (Lipinski definition) is 3. The Bertz CT molecular complexity index is 972. The van der Waals surface area contributed by atoms with Crippen molar-refractivity contribution < 1.29 is 17.2 Å². The number of sulfonamides is 1. The van der Waals surface area contributed by atoms with Crippen molar-refractivity contribution in [3.63, 3.8) is 0 Å². The van der Waals surface area contributed by atoms with Gasteiger partial charge in [-0.15, -0.1) is 0 Å². The van der Waals surface area contributed by atoms with E-state index in [1.807, 2.05) is 12.1 Å². The molecule has 2 aromatic carbocycles. The molecule has 0 aliphatic rings. The predicted octanol–water partition coefficient (Wildman–Crippen LogP) is 3.19. The number of imidazole rings is 1. The van der Waals surface area contributed by atoms with Crippen LogP contribution in [0.4, 0.5) is 8.78 Å². The number of nitrogens with zero attached hydrogens (tertiary/aromatic N) is 2. The highest BCUT2D eigenvalue weighted by Crippen LogP contribution is 2.21. The molecule has 0 radical (unpaired) electrons. The van der Waals surface area contributed by atoms with E-state index in [0.717, 1.165) is 17.8 Å². The van der Waals surface area contributed by atoms with E-state index in [1.165, 1.54) is 0 Å². The SMILES string of the molecule is C[C@@H](NS(=O)(=O)c1cc(F)ccc1F)c1ccc(-n2ccnc2)cc1. The molecule has 1 N–H and O–H groups in total. The molecule has 0 saturated carbocycles. The minimum Gasteiger partial charge on any atom is -0.306 e. The van der Waals surface area contributed by atoms with Gasteiger partial charge in [-0.05, 0) is 42.8 Å². The van der Waals surface area contributed by atoms with Crippen LogP contribution in [0.25, 0.3) is 5.69 Å². The summed E-state index contributed by atoms with van der Waals surface area (Å²) in [6.07, 6.45) is 5.08. The molecule has 1 aromatic heterocycles. The number of aromatic nitrogens is 2. The fraction of sp³-hybridized carbons (Fsp3) is 0.118. The van der Waals surface area contributed by atoms with Gasteiger partial charge in [0, 0.05) is 24.1 Å². The average molecular weight is 363 g/mol. The maximum Gasteiger partial charge on any atom is 0.244 e. The van der Waals surface area contributed by atoms with Crippen LogP contribution in [-0.4, -0.2) is 18.0 Å². The second-order valence-corrected chi connectivity index (χ2v) is 7.16. The van der Waals surface area contributed by atoms with Crippen LogP contribution >= 0.6 is 0 Å². The number of halogens is 2. The van der Waals surface area contributed by atoms with Gasteiger partial charge < -0.3 is 4.57 Å². The van der Waals surface area contributed by atoms with E-state index in [4.69, 9.17) is 0 Å². The first-order chi connectivity index (χ1) is 11.9. The quantitative estimate of drug-likeness (QED) is 0.757. The Morgan fingerprint density at radius 2 is 1.84 bits per heavy atom. The Morgan fingerprint density at radius 1 is 1.12 bits per heavy atom. The van der Waals surface area contributed by atoms with E-state index in [9.17, 15) is 17.2 Å². The summed E-state index contributed by atoms with van der Waals surface area (Å²) in [6, 6.07) is 8.82. The third-order valence-electron chi connectivity index (χ3n) is 3.71. The van der Waals surface area contributed by atoms with Crippen LogP contribution in [0.3, 0.4) is 0 Å². The molecule has 0 aliphatic heterocycles. The molecule has 1 heterocycles. The lowest BCUT2D eigenvalue weighted by molar-refractivity contribution is 0.538. The minimum absolute atomic E-state index is 0.621. The maximum atomic E-state index is 13.7. The van der Waals surface area contributed by atoms with Crippen molar-refractivity contribution in [3.05, 3.63) is 78.4 Å². The molecule has 5 nitrogen and oxygen atoms in total. The van der Waals surface area contributed by atoms with Crippen LogP contribution in [0.1, 0.15) is 18.5 Å². The van der Waals surface area contributed by atoms with Crippen molar-refractivity contribution in [1.82, 2.24) is 14.3 Å². The topological polar surface area (TPSA) is 64.0 Å². The van der Waals surface area contributed by atoms with Gasteiger partial charge in [-0.25, -0.2) is 26.9 Å². The van der Waals surface area contributed by atoms with Gasteiger partial charge in [-0.1, -0.05) is 12.1 Å². The Hall–Kier alpha value is -2.58. The van der Waals surface area contributed by atoms with E-state index in [0.29, 0.717) is 11.6 Å². The molecule has 0 fully saturated rings. The molecule has 0 bridgehead atoms. The number of hydrogen-bond donors (Lipinski definition) is 1. The normalized spacial score (nSPS) is 12.9. The summed E-state index contributed by atoms with van der Waals surface area (Å²) in [6.45, 7) is 1.63. The summed E-state index contributed by atoms with van der Waals surface area (Å²) in [4.78, 5) is 3.25. The highest BCUT2D eigenvalue weighted by molar-refractivity contribution is 7.89. The number of rotatable bonds is 5. The lowest BCUT2D eigenvalue weighted by Crippen LogP contribution is -2.27. The zero-order valence-electron chi connectivity index (χ0n) is 13.2. The Morgan fingerprint density at radius 3 is 2.48 bits per heavy atom. The predicted molar refractivity (Wildman–Crippen MR) is 88.7 cm³/mol. The lowest BCUT2D eigenvalue weighted by Gasteiger charge is -2.15. The van der Waals surface area contributed by atoms with Gasteiger partial charge in [-0.2, -0.15) is 0 Å². The largest absolute Gasteiger partial charge is 0.306 e. The molecule has 0 amide bonds. The van der Waals surface area contributed by atoms with Gasteiger partial charge in [0.05, 0.1) is 6.33 Å².